The van der Waals surface area contributed by atoms with Gasteiger partial charge < -0.3 is 15.2 Å². The molecule has 2 aromatic rings. The highest BCUT2D eigenvalue weighted by Crippen LogP contribution is 2.28. The van der Waals surface area contributed by atoms with Crippen molar-refractivity contribution in [2.75, 3.05) is 6.61 Å². The summed E-state index contributed by atoms with van der Waals surface area (Å²) in [6.45, 7) is -0.415. The first-order valence-electron chi connectivity index (χ1n) is 7.49. The zero-order valence-electron chi connectivity index (χ0n) is 13.3. The van der Waals surface area contributed by atoms with E-state index < -0.39 is 12.6 Å². The number of carboxylic acids is 1. The number of aliphatic carboxylic acids is 1. The van der Waals surface area contributed by atoms with Crippen LogP contribution < -0.4 is 10.1 Å². The van der Waals surface area contributed by atoms with E-state index in [9.17, 15) is 14.0 Å². The Kier molecular flexibility index (Phi) is 5.33. The summed E-state index contributed by atoms with van der Waals surface area (Å²) in [4.78, 5) is 27.2. The zero-order valence-corrected chi connectivity index (χ0v) is 14.1. The van der Waals surface area contributed by atoms with E-state index in [0.717, 1.165) is 5.56 Å². The molecule has 1 fully saturated rings. The van der Waals surface area contributed by atoms with Gasteiger partial charge in [-0.25, -0.2) is 14.2 Å². The van der Waals surface area contributed by atoms with Crippen LogP contribution in [0.15, 0.2) is 58.4 Å². The van der Waals surface area contributed by atoms with Crippen LogP contribution in [0.2, 0.25) is 0 Å². The van der Waals surface area contributed by atoms with Crippen LogP contribution >= 0.6 is 11.8 Å². The Morgan fingerprint density at radius 1 is 1.19 bits per heavy atom. The summed E-state index contributed by atoms with van der Waals surface area (Å²) >= 11 is 1.18. The van der Waals surface area contributed by atoms with E-state index in [1.807, 2.05) is 0 Å². The molecule has 132 valence electrons. The molecule has 1 amide bonds. The fourth-order valence-electron chi connectivity index (χ4n) is 2.07. The minimum Gasteiger partial charge on any atom is -0.482 e. The van der Waals surface area contributed by atoms with Gasteiger partial charge in [-0.1, -0.05) is 12.1 Å². The molecule has 6 nitrogen and oxygen atoms in total. The van der Waals surface area contributed by atoms with Gasteiger partial charge in [0.25, 0.3) is 5.91 Å². The number of benzene rings is 2. The Hall–Kier alpha value is -3.13. The van der Waals surface area contributed by atoms with Gasteiger partial charge in [0, 0.05) is 0 Å². The van der Waals surface area contributed by atoms with Gasteiger partial charge >= 0.3 is 5.97 Å². The normalized spacial score (nSPS) is 16.7. The number of aliphatic imine (C=N–C) groups is 1. The molecule has 1 saturated heterocycles. The number of halogens is 1. The number of carboxylic acid groups (broad SMARTS) is 1. The maximum Gasteiger partial charge on any atom is 0.341 e. The van der Waals surface area contributed by atoms with E-state index in [0.29, 0.717) is 21.5 Å². The monoisotopic (exact) mass is 372 g/mol. The molecule has 2 N–H and O–H groups in total. The summed E-state index contributed by atoms with van der Waals surface area (Å²) in [6.07, 6.45) is 1.69. The van der Waals surface area contributed by atoms with Gasteiger partial charge in [0.05, 0.1) is 10.6 Å². The molecule has 0 spiro atoms. The predicted octanol–water partition coefficient (Wildman–Crippen LogP) is 3.18. The molecule has 1 heterocycles. The number of carbonyl (C=O) groups excluding carboxylic acids is 1. The third-order valence-corrected chi connectivity index (χ3v) is 4.16. The van der Waals surface area contributed by atoms with E-state index in [1.54, 1.807) is 30.3 Å². The number of hydrogen-bond donors (Lipinski definition) is 2. The molecule has 1 aliphatic heterocycles. The summed E-state index contributed by atoms with van der Waals surface area (Å²) in [5.41, 5.74) is 1.30. The molecule has 26 heavy (non-hydrogen) atoms. The maximum atomic E-state index is 12.9. The van der Waals surface area contributed by atoms with Crippen molar-refractivity contribution in [1.82, 2.24) is 5.32 Å². The van der Waals surface area contributed by atoms with Crippen molar-refractivity contribution in [3.8, 4) is 5.75 Å². The Labute approximate surface area is 152 Å². The number of nitrogens with one attached hydrogen (secondary N) is 1. The van der Waals surface area contributed by atoms with E-state index in [2.05, 4.69) is 10.3 Å². The number of nitrogens with zero attached hydrogens (tertiary/aromatic N) is 1. The molecule has 1 aliphatic rings. The van der Waals surface area contributed by atoms with Gasteiger partial charge in [0.15, 0.2) is 11.8 Å². The minimum absolute atomic E-state index is 0.276. The summed E-state index contributed by atoms with van der Waals surface area (Å²) in [5.74, 6) is -1.25. The first-order chi connectivity index (χ1) is 12.5. The maximum absolute atomic E-state index is 12.9. The largest absolute Gasteiger partial charge is 0.482 e. The summed E-state index contributed by atoms with van der Waals surface area (Å²) in [6, 6.07) is 12.3. The molecule has 0 bridgehead atoms. The summed E-state index contributed by atoms with van der Waals surface area (Å²) < 4.78 is 18.0. The van der Waals surface area contributed by atoms with E-state index in [1.165, 1.54) is 36.0 Å². The number of amides is 1. The van der Waals surface area contributed by atoms with E-state index >= 15 is 0 Å². The second kappa shape index (κ2) is 7.83. The molecule has 2 aromatic carbocycles. The van der Waals surface area contributed by atoms with Crippen LogP contribution in [0.5, 0.6) is 5.75 Å². The number of ether oxygens (including phenoxy) is 1. The summed E-state index contributed by atoms with van der Waals surface area (Å²) in [7, 11) is 0. The van der Waals surface area contributed by atoms with Crippen molar-refractivity contribution in [2.24, 2.45) is 4.99 Å². The van der Waals surface area contributed by atoms with Gasteiger partial charge in [0.2, 0.25) is 0 Å². The molecular weight excluding hydrogens is 359 g/mol. The van der Waals surface area contributed by atoms with E-state index in [4.69, 9.17) is 9.84 Å². The molecule has 8 heteroatoms. The molecular formula is C18H13FN2O4S. The van der Waals surface area contributed by atoms with Crippen LogP contribution in [0.25, 0.3) is 6.08 Å². The molecule has 0 aliphatic carbocycles. The Morgan fingerprint density at radius 3 is 2.54 bits per heavy atom. The first kappa shape index (κ1) is 17.7. The number of rotatable bonds is 5. The van der Waals surface area contributed by atoms with Crippen LogP contribution in [-0.2, 0) is 9.59 Å². The highest BCUT2D eigenvalue weighted by molar-refractivity contribution is 8.18. The van der Waals surface area contributed by atoms with Crippen molar-refractivity contribution in [1.29, 1.82) is 0 Å². The lowest BCUT2D eigenvalue weighted by atomic mass is 10.2. The van der Waals surface area contributed by atoms with Crippen LogP contribution in [-0.4, -0.2) is 28.8 Å². The molecule has 0 aromatic heterocycles. The lowest BCUT2D eigenvalue weighted by Gasteiger charge is -2.03. The van der Waals surface area contributed by atoms with Crippen molar-refractivity contribution in [2.45, 2.75) is 0 Å². The topological polar surface area (TPSA) is 88.0 Å². The summed E-state index contributed by atoms with van der Waals surface area (Å²) in [5, 5.41) is 11.6. The number of hydrogen-bond acceptors (Lipinski definition) is 5. The van der Waals surface area contributed by atoms with Crippen LogP contribution in [0, 0.1) is 5.82 Å². The molecule has 0 saturated carbocycles. The second-order valence-corrected chi connectivity index (χ2v) is 6.24. The average molecular weight is 372 g/mol. The smallest absolute Gasteiger partial charge is 0.341 e. The lowest BCUT2D eigenvalue weighted by Crippen LogP contribution is -2.19. The number of carbonyl (C=O) groups is 2. The average Bonchev–Trinajstić information content (AvgIpc) is 2.95. The second-order valence-electron chi connectivity index (χ2n) is 5.21. The zero-order chi connectivity index (χ0) is 18.5. The number of thioether (sulfide) groups is 1. The van der Waals surface area contributed by atoms with Crippen molar-refractivity contribution in [3.05, 3.63) is 64.8 Å². The number of amidine groups is 1. The van der Waals surface area contributed by atoms with Gasteiger partial charge in [-0.05, 0) is 59.8 Å². The van der Waals surface area contributed by atoms with Crippen molar-refractivity contribution in [3.63, 3.8) is 0 Å². The minimum atomic E-state index is -1.05. The highest BCUT2D eigenvalue weighted by Gasteiger charge is 2.23. The fraction of sp³-hybridized carbons (Fsp3) is 0.0556. The van der Waals surface area contributed by atoms with Gasteiger partial charge in [0.1, 0.15) is 11.6 Å². The Balaban J connectivity index is 1.70. The third kappa shape index (κ3) is 4.70. The molecule has 3 rings (SSSR count). The molecule has 0 radical (unpaired) electrons. The van der Waals surface area contributed by atoms with E-state index in [-0.39, 0.29) is 11.7 Å². The van der Waals surface area contributed by atoms with Crippen LogP contribution in [0.1, 0.15) is 5.56 Å². The van der Waals surface area contributed by atoms with Gasteiger partial charge in [-0.3, -0.25) is 4.79 Å². The lowest BCUT2D eigenvalue weighted by molar-refractivity contribution is -0.139. The Bertz CT molecular complexity index is 892. The highest BCUT2D eigenvalue weighted by atomic mass is 32.2. The van der Waals surface area contributed by atoms with Crippen molar-refractivity contribution >= 4 is 40.6 Å². The van der Waals surface area contributed by atoms with Crippen molar-refractivity contribution < 1.29 is 23.8 Å². The van der Waals surface area contributed by atoms with Gasteiger partial charge in [-0.2, -0.15) is 0 Å². The molecule has 0 atom stereocenters. The fourth-order valence-corrected chi connectivity index (χ4v) is 2.91. The standard InChI is InChI=1S/C18H13FN2O4S/c19-12-3-5-13(6-4-12)20-18-21-17(24)15(26-18)9-11-1-7-14(8-2-11)25-10-16(22)23/h1-9H,10H2,(H,22,23)(H,20,21,24)/b15-9-. The predicted molar refractivity (Wildman–Crippen MR) is 96.8 cm³/mol. The van der Waals surface area contributed by atoms with Gasteiger partial charge in [-0.15, -0.1) is 0 Å². The van der Waals surface area contributed by atoms with Crippen LogP contribution in [0.3, 0.4) is 0 Å². The third-order valence-electron chi connectivity index (χ3n) is 3.25. The first-order valence-corrected chi connectivity index (χ1v) is 8.31. The molecule has 0 unspecified atom stereocenters. The van der Waals surface area contributed by atoms with Crippen LogP contribution in [0.4, 0.5) is 10.1 Å². The Morgan fingerprint density at radius 2 is 1.88 bits per heavy atom. The SMILES string of the molecule is O=C(O)COc1ccc(/C=C2\SC(=Nc3ccc(F)cc3)NC2=O)cc1. The quantitative estimate of drug-likeness (QED) is 0.787.